The van der Waals surface area contributed by atoms with Gasteiger partial charge in [-0.3, -0.25) is 0 Å². The van der Waals surface area contributed by atoms with Gasteiger partial charge in [-0.1, -0.05) is 12.1 Å². The Morgan fingerprint density at radius 1 is 0.550 bits per heavy atom. The first-order chi connectivity index (χ1) is 19.3. The molecule has 4 aromatic rings. The van der Waals surface area contributed by atoms with Gasteiger partial charge in [0, 0.05) is 23.3 Å². The predicted octanol–water partition coefficient (Wildman–Crippen LogP) is 6.08. The van der Waals surface area contributed by atoms with Crippen molar-refractivity contribution in [1.29, 1.82) is 0 Å². The highest BCUT2D eigenvalue weighted by atomic mass is 16.5. The normalized spacial score (nSPS) is 13.2. The Labute approximate surface area is 231 Å². The number of ether oxygens (including phenoxy) is 4. The van der Waals surface area contributed by atoms with Crippen molar-refractivity contribution < 1.29 is 39.4 Å². The first-order valence-electron chi connectivity index (χ1n) is 12.4. The van der Waals surface area contributed by atoms with Crippen LogP contribution in [0.5, 0.6) is 46.0 Å². The summed E-state index contributed by atoms with van der Waals surface area (Å²) in [6.45, 7) is 0.814. The third-order valence-corrected chi connectivity index (χ3v) is 6.52. The Hall–Kier alpha value is -5.24. The molecule has 0 atom stereocenters. The summed E-state index contributed by atoms with van der Waals surface area (Å²) in [4.78, 5) is 0. The molecular formula is C32H28O8. The van der Waals surface area contributed by atoms with Crippen LogP contribution >= 0.6 is 0 Å². The highest BCUT2D eigenvalue weighted by molar-refractivity contribution is 5.87. The third-order valence-electron chi connectivity index (χ3n) is 6.52. The molecule has 4 aromatic carbocycles. The molecule has 2 aliphatic heterocycles. The van der Waals surface area contributed by atoms with Crippen molar-refractivity contribution in [2.24, 2.45) is 0 Å². The maximum Gasteiger partial charge on any atom is 0.161 e. The molecule has 0 amide bonds. The van der Waals surface area contributed by atoms with Gasteiger partial charge < -0.3 is 39.4 Å². The number of hydrogen-bond donors (Lipinski definition) is 4. The van der Waals surface area contributed by atoms with Gasteiger partial charge >= 0.3 is 0 Å². The van der Waals surface area contributed by atoms with Gasteiger partial charge in [0.05, 0.1) is 14.2 Å². The van der Waals surface area contributed by atoms with Crippen molar-refractivity contribution in [2.45, 2.75) is 0 Å². The molecule has 204 valence electrons. The molecule has 0 aliphatic carbocycles. The SMILES string of the molecule is COc1cc(C2=Cc3ccc(O)cc3OC2)ccc1O.COc1cc(C2=Cc3ccc(O)cc3OC2)ccc1O. The number of rotatable bonds is 4. The van der Waals surface area contributed by atoms with Crippen LogP contribution in [-0.2, 0) is 0 Å². The average Bonchev–Trinajstić information content (AvgIpc) is 2.97. The van der Waals surface area contributed by atoms with Gasteiger partial charge in [-0.25, -0.2) is 0 Å². The van der Waals surface area contributed by atoms with Crippen LogP contribution < -0.4 is 18.9 Å². The van der Waals surface area contributed by atoms with E-state index < -0.39 is 0 Å². The van der Waals surface area contributed by atoms with Crippen LogP contribution in [0.2, 0.25) is 0 Å². The number of phenolic OH excluding ortho intramolecular Hbond substituents is 4. The van der Waals surface area contributed by atoms with E-state index in [1.165, 1.54) is 14.2 Å². The van der Waals surface area contributed by atoms with Crippen molar-refractivity contribution in [2.75, 3.05) is 27.4 Å². The minimum absolute atomic E-state index is 0.110. The van der Waals surface area contributed by atoms with E-state index in [1.807, 2.05) is 36.4 Å². The van der Waals surface area contributed by atoms with Crippen molar-refractivity contribution in [3.05, 3.63) is 95.1 Å². The maximum absolute atomic E-state index is 9.62. The molecule has 8 nitrogen and oxygen atoms in total. The Morgan fingerprint density at radius 3 is 1.38 bits per heavy atom. The van der Waals surface area contributed by atoms with E-state index in [4.69, 9.17) is 18.9 Å². The molecule has 40 heavy (non-hydrogen) atoms. The number of benzene rings is 4. The molecule has 0 radical (unpaired) electrons. The van der Waals surface area contributed by atoms with Crippen LogP contribution in [0.15, 0.2) is 72.8 Å². The summed E-state index contributed by atoms with van der Waals surface area (Å²) < 4.78 is 21.5. The molecule has 4 N–H and O–H groups in total. The lowest BCUT2D eigenvalue weighted by Crippen LogP contribution is -2.06. The van der Waals surface area contributed by atoms with E-state index in [0.29, 0.717) is 36.2 Å². The lowest BCUT2D eigenvalue weighted by atomic mass is 10.0. The zero-order valence-electron chi connectivity index (χ0n) is 21.9. The van der Waals surface area contributed by atoms with Crippen molar-refractivity contribution >= 4 is 23.3 Å². The molecule has 0 unspecified atom stereocenters. The second-order valence-electron chi connectivity index (χ2n) is 9.13. The molecule has 0 saturated heterocycles. The van der Waals surface area contributed by atoms with Crippen LogP contribution in [0.3, 0.4) is 0 Å². The van der Waals surface area contributed by atoms with Gasteiger partial charge in [-0.15, -0.1) is 0 Å². The van der Waals surface area contributed by atoms with Crippen LogP contribution in [-0.4, -0.2) is 47.9 Å². The number of phenols is 4. The highest BCUT2D eigenvalue weighted by Crippen LogP contribution is 2.37. The molecular weight excluding hydrogens is 512 g/mol. The monoisotopic (exact) mass is 540 g/mol. The predicted molar refractivity (Wildman–Crippen MR) is 152 cm³/mol. The minimum Gasteiger partial charge on any atom is -0.508 e. The Bertz CT molecular complexity index is 1500. The molecule has 0 aromatic heterocycles. The van der Waals surface area contributed by atoms with Crippen molar-refractivity contribution in [3.63, 3.8) is 0 Å². The Kier molecular flexibility index (Phi) is 7.41. The van der Waals surface area contributed by atoms with Gasteiger partial charge in [0.25, 0.3) is 0 Å². The van der Waals surface area contributed by atoms with Crippen LogP contribution in [0.1, 0.15) is 22.3 Å². The summed E-state index contributed by atoms with van der Waals surface area (Å²) in [5, 5.41) is 38.1. The molecule has 2 aliphatic rings. The van der Waals surface area contributed by atoms with Gasteiger partial charge in [0.15, 0.2) is 23.0 Å². The van der Waals surface area contributed by atoms with E-state index in [9.17, 15) is 20.4 Å². The minimum atomic E-state index is 0.110. The van der Waals surface area contributed by atoms with Gasteiger partial charge in [-0.05, 0) is 83.0 Å². The summed E-state index contributed by atoms with van der Waals surface area (Å²) in [5.41, 5.74) is 5.66. The van der Waals surface area contributed by atoms with E-state index in [-0.39, 0.29) is 23.0 Å². The highest BCUT2D eigenvalue weighted by Gasteiger charge is 2.16. The fraction of sp³-hybridized carbons (Fsp3) is 0.125. The molecule has 2 heterocycles. The first-order valence-corrected chi connectivity index (χ1v) is 12.4. The topological polar surface area (TPSA) is 118 Å². The number of methoxy groups -OCH3 is 2. The fourth-order valence-corrected chi connectivity index (χ4v) is 4.39. The number of aromatic hydroxyl groups is 4. The van der Waals surface area contributed by atoms with E-state index in [2.05, 4.69) is 0 Å². The molecule has 0 saturated carbocycles. The van der Waals surface area contributed by atoms with Gasteiger partial charge in [0.1, 0.15) is 36.2 Å². The van der Waals surface area contributed by atoms with Crippen LogP contribution in [0, 0.1) is 0 Å². The second kappa shape index (κ2) is 11.2. The summed E-state index contributed by atoms with van der Waals surface area (Å²) >= 11 is 0. The maximum atomic E-state index is 9.62. The molecule has 0 spiro atoms. The summed E-state index contributed by atoms with van der Waals surface area (Å²) in [6.07, 6.45) is 4.01. The molecule has 0 fully saturated rings. The Balaban J connectivity index is 0.000000161. The first kappa shape index (κ1) is 26.4. The lowest BCUT2D eigenvalue weighted by Gasteiger charge is -2.19. The Morgan fingerprint density at radius 2 is 0.975 bits per heavy atom. The van der Waals surface area contributed by atoms with E-state index in [0.717, 1.165) is 33.4 Å². The lowest BCUT2D eigenvalue weighted by molar-refractivity contribution is 0.361. The summed E-state index contributed by atoms with van der Waals surface area (Å²) in [5.74, 6) is 2.79. The molecule has 8 heteroatoms. The average molecular weight is 541 g/mol. The van der Waals surface area contributed by atoms with Crippen molar-refractivity contribution in [1.82, 2.24) is 0 Å². The van der Waals surface area contributed by atoms with Crippen molar-refractivity contribution in [3.8, 4) is 46.0 Å². The fourth-order valence-electron chi connectivity index (χ4n) is 4.39. The zero-order chi connectivity index (χ0) is 28.2. The quantitative estimate of drug-likeness (QED) is 0.246. The molecule has 0 bridgehead atoms. The second-order valence-corrected chi connectivity index (χ2v) is 9.13. The standard InChI is InChI=1S/2C16H14O4/c2*1-19-16-7-10(3-5-14(16)18)12-6-11-2-4-13(17)8-15(11)20-9-12/h2*2-8,17-18H,9H2,1H3. The van der Waals surface area contributed by atoms with E-state index >= 15 is 0 Å². The summed E-state index contributed by atoms with van der Waals surface area (Å²) in [6, 6.07) is 20.4. The number of fused-ring (bicyclic) bond motifs is 2. The molecule has 6 rings (SSSR count). The smallest absolute Gasteiger partial charge is 0.161 e. The van der Waals surface area contributed by atoms with Crippen LogP contribution in [0.4, 0.5) is 0 Å². The number of hydrogen-bond acceptors (Lipinski definition) is 8. The van der Waals surface area contributed by atoms with E-state index in [1.54, 1.807) is 48.5 Å². The van der Waals surface area contributed by atoms with Gasteiger partial charge in [-0.2, -0.15) is 0 Å². The van der Waals surface area contributed by atoms with Crippen LogP contribution in [0.25, 0.3) is 23.3 Å². The van der Waals surface area contributed by atoms with Gasteiger partial charge in [0.2, 0.25) is 0 Å². The summed E-state index contributed by atoms with van der Waals surface area (Å²) in [7, 11) is 3.03. The zero-order valence-corrected chi connectivity index (χ0v) is 21.9. The third kappa shape index (κ3) is 5.61. The largest absolute Gasteiger partial charge is 0.508 e.